The molecule has 0 aliphatic heterocycles. The molecule has 108 valence electrons. The number of nitrogens with two attached hydrogens (primary N) is 1. The fraction of sp³-hybridized carbons (Fsp3) is 0.571. The maximum atomic E-state index is 12.5. The average Bonchev–Trinajstić information content (AvgIpc) is 2.32. The van der Waals surface area contributed by atoms with Crippen LogP contribution in [-0.2, 0) is 10.0 Å². The fourth-order valence-corrected chi connectivity index (χ4v) is 3.81. The Kier molecular flexibility index (Phi) is 4.63. The molecule has 0 saturated carbocycles. The maximum absolute atomic E-state index is 12.5. The molecule has 0 saturated heterocycles. The summed E-state index contributed by atoms with van der Waals surface area (Å²) in [6.07, 6.45) is 1.48. The lowest BCUT2D eigenvalue weighted by molar-refractivity contribution is 0.388. The Bertz CT molecular complexity index is 561. The SMILES string of the molecule is CCC(C)(CC)NS(=O)(=O)c1cc(N)cc(C)c1C. The summed E-state index contributed by atoms with van der Waals surface area (Å²) in [5.41, 5.74) is 7.44. The number of nitrogens with one attached hydrogen (secondary N) is 1. The topological polar surface area (TPSA) is 72.2 Å². The summed E-state index contributed by atoms with van der Waals surface area (Å²) in [7, 11) is -3.55. The van der Waals surface area contributed by atoms with Gasteiger partial charge >= 0.3 is 0 Å². The van der Waals surface area contributed by atoms with Crippen molar-refractivity contribution >= 4 is 15.7 Å². The van der Waals surface area contributed by atoms with E-state index in [1.54, 1.807) is 13.0 Å². The van der Waals surface area contributed by atoms with Crippen LogP contribution in [0, 0.1) is 13.8 Å². The molecule has 0 radical (unpaired) electrons. The smallest absolute Gasteiger partial charge is 0.241 e. The first kappa shape index (κ1) is 16.0. The van der Waals surface area contributed by atoms with Crippen LogP contribution >= 0.6 is 0 Å². The maximum Gasteiger partial charge on any atom is 0.241 e. The third-order valence-electron chi connectivity index (χ3n) is 3.87. The lowest BCUT2D eigenvalue weighted by atomic mass is 9.98. The first-order chi connectivity index (χ1) is 8.65. The molecule has 0 aliphatic rings. The molecule has 0 heterocycles. The predicted octanol–water partition coefficient (Wildman–Crippen LogP) is 2.74. The lowest BCUT2D eigenvalue weighted by Gasteiger charge is -2.28. The molecule has 0 spiro atoms. The van der Waals surface area contributed by atoms with Gasteiger partial charge in [0.05, 0.1) is 4.90 Å². The number of hydrogen-bond acceptors (Lipinski definition) is 3. The third-order valence-corrected chi connectivity index (χ3v) is 5.64. The second kappa shape index (κ2) is 5.51. The number of anilines is 1. The molecule has 0 aromatic heterocycles. The van der Waals surface area contributed by atoms with E-state index in [9.17, 15) is 8.42 Å². The van der Waals surface area contributed by atoms with E-state index in [2.05, 4.69) is 4.72 Å². The Morgan fingerprint density at radius 3 is 2.21 bits per heavy atom. The van der Waals surface area contributed by atoms with Gasteiger partial charge in [0.1, 0.15) is 0 Å². The largest absolute Gasteiger partial charge is 0.399 e. The second-order valence-corrected chi connectivity index (χ2v) is 6.99. The van der Waals surface area contributed by atoms with Crippen molar-refractivity contribution in [2.45, 2.75) is 57.9 Å². The number of rotatable bonds is 5. The molecular formula is C14H24N2O2S. The molecule has 3 N–H and O–H groups in total. The zero-order chi connectivity index (χ0) is 14.8. The summed E-state index contributed by atoms with van der Waals surface area (Å²) >= 11 is 0. The van der Waals surface area contributed by atoms with E-state index >= 15 is 0 Å². The molecular weight excluding hydrogens is 260 g/mol. The summed E-state index contributed by atoms with van der Waals surface area (Å²) in [5, 5.41) is 0. The highest BCUT2D eigenvalue weighted by molar-refractivity contribution is 7.89. The van der Waals surface area contributed by atoms with Crippen LogP contribution in [0.1, 0.15) is 44.7 Å². The van der Waals surface area contributed by atoms with Crippen molar-refractivity contribution in [1.82, 2.24) is 4.72 Å². The summed E-state index contributed by atoms with van der Waals surface area (Å²) in [6, 6.07) is 3.31. The Balaban J connectivity index is 3.29. The first-order valence-corrected chi connectivity index (χ1v) is 8.04. The zero-order valence-electron chi connectivity index (χ0n) is 12.4. The normalized spacial score (nSPS) is 12.7. The van der Waals surface area contributed by atoms with Gasteiger partial charge in [-0.25, -0.2) is 13.1 Å². The summed E-state index contributed by atoms with van der Waals surface area (Å²) in [5.74, 6) is 0. The Hall–Kier alpha value is -1.07. The van der Waals surface area contributed by atoms with E-state index in [0.29, 0.717) is 5.69 Å². The molecule has 0 aliphatic carbocycles. The first-order valence-electron chi connectivity index (χ1n) is 6.56. The highest BCUT2D eigenvalue weighted by Crippen LogP contribution is 2.25. The molecule has 0 fully saturated rings. The van der Waals surface area contributed by atoms with Crippen molar-refractivity contribution in [3.8, 4) is 0 Å². The van der Waals surface area contributed by atoms with Crippen LogP contribution in [0.5, 0.6) is 0 Å². The van der Waals surface area contributed by atoms with Crippen LogP contribution in [0.3, 0.4) is 0 Å². The summed E-state index contributed by atoms with van der Waals surface area (Å²) < 4.78 is 27.8. The second-order valence-electron chi connectivity index (χ2n) is 5.33. The van der Waals surface area contributed by atoms with Gasteiger partial charge < -0.3 is 5.73 Å². The molecule has 0 amide bonds. The van der Waals surface area contributed by atoms with Crippen LogP contribution in [0.25, 0.3) is 0 Å². The zero-order valence-corrected chi connectivity index (χ0v) is 13.2. The molecule has 0 bridgehead atoms. The van der Waals surface area contributed by atoms with Gasteiger partial charge in [0.15, 0.2) is 0 Å². The number of hydrogen-bond donors (Lipinski definition) is 2. The summed E-state index contributed by atoms with van der Waals surface area (Å²) in [6.45, 7) is 9.54. The van der Waals surface area contributed by atoms with E-state index < -0.39 is 15.6 Å². The van der Waals surface area contributed by atoms with Gasteiger partial charge in [0, 0.05) is 11.2 Å². The van der Waals surface area contributed by atoms with Gasteiger partial charge in [-0.15, -0.1) is 0 Å². The van der Waals surface area contributed by atoms with Crippen molar-refractivity contribution < 1.29 is 8.42 Å². The Labute approximate surface area is 116 Å². The van der Waals surface area contributed by atoms with Crippen molar-refractivity contribution in [2.75, 3.05) is 5.73 Å². The molecule has 0 atom stereocenters. The van der Waals surface area contributed by atoms with Crippen molar-refractivity contribution in [2.24, 2.45) is 0 Å². The van der Waals surface area contributed by atoms with E-state index in [4.69, 9.17) is 5.73 Å². The Morgan fingerprint density at radius 2 is 1.74 bits per heavy atom. The van der Waals surface area contributed by atoms with Crippen molar-refractivity contribution in [3.63, 3.8) is 0 Å². The van der Waals surface area contributed by atoms with Gasteiger partial charge in [-0.3, -0.25) is 0 Å². The fourth-order valence-electron chi connectivity index (χ4n) is 1.91. The van der Waals surface area contributed by atoms with Gasteiger partial charge in [-0.05, 0) is 56.9 Å². The molecule has 4 nitrogen and oxygen atoms in total. The van der Waals surface area contributed by atoms with E-state index in [1.165, 1.54) is 6.07 Å². The third kappa shape index (κ3) is 3.48. The minimum Gasteiger partial charge on any atom is -0.399 e. The van der Waals surface area contributed by atoms with E-state index in [-0.39, 0.29) is 4.90 Å². The molecule has 5 heteroatoms. The Morgan fingerprint density at radius 1 is 1.21 bits per heavy atom. The van der Waals surface area contributed by atoms with Gasteiger partial charge in [0.25, 0.3) is 0 Å². The highest BCUT2D eigenvalue weighted by Gasteiger charge is 2.28. The summed E-state index contributed by atoms with van der Waals surface area (Å²) in [4.78, 5) is 0.276. The number of aryl methyl sites for hydroxylation is 1. The van der Waals surface area contributed by atoms with E-state index in [0.717, 1.165) is 24.0 Å². The number of benzene rings is 1. The average molecular weight is 284 g/mol. The molecule has 1 aromatic carbocycles. The van der Waals surface area contributed by atoms with Gasteiger partial charge in [0.2, 0.25) is 10.0 Å². The van der Waals surface area contributed by atoms with Crippen molar-refractivity contribution in [1.29, 1.82) is 0 Å². The van der Waals surface area contributed by atoms with Crippen LogP contribution in [0.2, 0.25) is 0 Å². The lowest BCUT2D eigenvalue weighted by Crippen LogP contribution is -2.45. The minimum atomic E-state index is -3.55. The molecule has 1 aromatic rings. The van der Waals surface area contributed by atoms with Crippen molar-refractivity contribution in [3.05, 3.63) is 23.3 Å². The van der Waals surface area contributed by atoms with Gasteiger partial charge in [-0.1, -0.05) is 13.8 Å². The monoisotopic (exact) mass is 284 g/mol. The standard InChI is InChI=1S/C14H24N2O2S/c1-6-14(5,7-2)16-19(17,18)13-9-12(15)8-10(3)11(13)4/h8-9,16H,6-7,15H2,1-5H3. The van der Waals surface area contributed by atoms with Crippen LogP contribution in [-0.4, -0.2) is 14.0 Å². The predicted molar refractivity (Wildman–Crippen MR) is 79.6 cm³/mol. The molecule has 0 unspecified atom stereocenters. The van der Waals surface area contributed by atoms with E-state index in [1.807, 2.05) is 27.7 Å². The minimum absolute atomic E-state index is 0.276. The van der Waals surface area contributed by atoms with Crippen LogP contribution < -0.4 is 10.5 Å². The molecule has 19 heavy (non-hydrogen) atoms. The highest BCUT2D eigenvalue weighted by atomic mass is 32.2. The van der Waals surface area contributed by atoms with Gasteiger partial charge in [-0.2, -0.15) is 0 Å². The number of nitrogen functional groups attached to an aromatic ring is 1. The van der Waals surface area contributed by atoms with Crippen LogP contribution in [0.4, 0.5) is 5.69 Å². The van der Waals surface area contributed by atoms with Crippen LogP contribution in [0.15, 0.2) is 17.0 Å². The molecule has 1 rings (SSSR count). The number of sulfonamides is 1. The quantitative estimate of drug-likeness (QED) is 0.817.